The van der Waals surface area contributed by atoms with Gasteiger partial charge in [0.25, 0.3) is 5.91 Å². The molecule has 6 nitrogen and oxygen atoms in total. The maximum absolute atomic E-state index is 11.8. The Kier molecular flexibility index (Phi) is 5.00. The molecule has 3 N–H and O–H groups in total. The number of pyridine rings is 1. The van der Waals surface area contributed by atoms with Gasteiger partial charge in [0.1, 0.15) is 11.4 Å². The van der Waals surface area contributed by atoms with E-state index in [0.29, 0.717) is 6.42 Å². The first-order valence-electron chi connectivity index (χ1n) is 6.06. The van der Waals surface area contributed by atoms with Gasteiger partial charge < -0.3 is 15.5 Å². The number of carboxylic acid groups (broad SMARTS) is 1. The van der Waals surface area contributed by atoms with Crippen LogP contribution in [-0.2, 0) is 0 Å². The molecule has 1 heterocycles. The van der Waals surface area contributed by atoms with Crippen LogP contribution in [0.15, 0.2) is 18.2 Å². The third-order valence-electron chi connectivity index (χ3n) is 2.62. The van der Waals surface area contributed by atoms with Gasteiger partial charge in [-0.3, -0.25) is 4.79 Å². The minimum Gasteiger partial charge on any atom is -0.477 e. The van der Waals surface area contributed by atoms with E-state index in [0.717, 1.165) is 6.42 Å². The lowest BCUT2D eigenvalue weighted by molar-refractivity contribution is 0.0468. The first-order valence-corrected chi connectivity index (χ1v) is 6.06. The number of nitrogens with zero attached hydrogens (tertiary/aromatic N) is 1. The monoisotopic (exact) mass is 266 g/mol. The lowest BCUT2D eigenvalue weighted by Crippen LogP contribution is -2.40. The highest BCUT2D eigenvalue weighted by atomic mass is 16.4. The van der Waals surface area contributed by atoms with E-state index in [-0.39, 0.29) is 17.9 Å². The summed E-state index contributed by atoms with van der Waals surface area (Å²) in [7, 11) is 0. The summed E-state index contributed by atoms with van der Waals surface area (Å²) in [5, 5.41) is 21.3. The molecule has 0 aliphatic rings. The quantitative estimate of drug-likeness (QED) is 0.715. The third kappa shape index (κ3) is 4.67. The number of rotatable bonds is 6. The topological polar surface area (TPSA) is 99.5 Å². The summed E-state index contributed by atoms with van der Waals surface area (Å²) < 4.78 is 0. The van der Waals surface area contributed by atoms with Gasteiger partial charge in [-0.2, -0.15) is 0 Å². The maximum atomic E-state index is 11.8. The van der Waals surface area contributed by atoms with Crippen molar-refractivity contribution < 1.29 is 19.8 Å². The second-order valence-corrected chi connectivity index (χ2v) is 4.64. The van der Waals surface area contributed by atoms with E-state index in [1.165, 1.54) is 18.2 Å². The lowest BCUT2D eigenvalue weighted by atomic mass is 10.0. The van der Waals surface area contributed by atoms with Crippen LogP contribution >= 0.6 is 0 Å². The van der Waals surface area contributed by atoms with Crippen molar-refractivity contribution in [2.75, 3.05) is 6.54 Å². The van der Waals surface area contributed by atoms with Gasteiger partial charge in [0.05, 0.1) is 5.60 Å². The molecule has 0 aromatic carbocycles. The average molecular weight is 266 g/mol. The molecule has 1 atom stereocenters. The Hall–Kier alpha value is -1.95. The molecular formula is C13H18N2O4. The van der Waals surface area contributed by atoms with E-state index in [1.807, 2.05) is 6.92 Å². The fourth-order valence-corrected chi connectivity index (χ4v) is 1.67. The fourth-order valence-electron chi connectivity index (χ4n) is 1.67. The average Bonchev–Trinajstić information content (AvgIpc) is 2.36. The molecule has 1 rings (SSSR count). The van der Waals surface area contributed by atoms with Crippen LogP contribution in [0.25, 0.3) is 0 Å². The summed E-state index contributed by atoms with van der Waals surface area (Å²) >= 11 is 0. The number of aromatic carboxylic acids is 1. The lowest BCUT2D eigenvalue weighted by Gasteiger charge is -2.22. The standard InChI is InChI=1S/C13H18N2O4/c1-3-7-13(2,19)8-14-11(16)9-5-4-6-10(15-9)12(17)18/h4-6,19H,3,7-8H2,1-2H3,(H,14,16)(H,17,18). The first-order chi connectivity index (χ1) is 8.85. The number of carboxylic acids is 1. The minimum atomic E-state index is -1.19. The molecule has 1 aromatic heterocycles. The Labute approximate surface area is 111 Å². The predicted octanol–water partition coefficient (Wildman–Crippen LogP) is 1.06. The molecule has 0 spiro atoms. The van der Waals surface area contributed by atoms with Gasteiger partial charge in [-0.25, -0.2) is 9.78 Å². The predicted molar refractivity (Wildman–Crippen MR) is 69.1 cm³/mol. The minimum absolute atomic E-state index is 0.0206. The number of carbonyl (C=O) groups excluding carboxylic acids is 1. The molecular weight excluding hydrogens is 248 g/mol. The number of carbonyl (C=O) groups is 2. The molecule has 1 aromatic rings. The molecule has 0 fully saturated rings. The van der Waals surface area contributed by atoms with E-state index in [2.05, 4.69) is 10.3 Å². The molecule has 19 heavy (non-hydrogen) atoms. The van der Waals surface area contributed by atoms with E-state index in [4.69, 9.17) is 5.11 Å². The van der Waals surface area contributed by atoms with Crippen molar-refractivity contribution in [1.82, 2.24) is 10.3 Å². The van der Waals surface area contributed by atoms with Crippen LogP contribution in [0.1, 0.15) is 47.7 Å². The number of aliphatic hydroxyl groups is 1. The highest BCUT2D eigenvalue weighted by Crippen LogP contribution is 2.10. The van der Waals surface area contributed by atoms with Gasteiger partial charge in [0.2, 0.25) is 0 Å². The van der Waals surface area contributed by atoms with Gasteiger partial charge in [0.15, 0.2) is 0 Å². The van der Waals surface area contributed by atoms with Crippen LogP contribution in [0.5, 0.6) is 0 Å². The molecule has 6 heteroatoms. The van der Waals surface area contributed by atoms with Crippen molar-refractivity contribution in [2.24, 2.45) is 0 Å². The van der Waals surface area contributed by atoms with Crippen LogP contribution in [0.4, 0.5) is 0 Å². The van der Waals surface area contributed by atoms with Crippen LogP contribution in [0.3, 0.4) is 0 Å². The van der Waals surface area contributed by atoms with Gasteiger partial charge in [0, 0.05) is 6.54 Å². The highest BCUT2D eigenvalue weighted by molar-refractivity contribution is 5.94. The number of nitrogens with one attached hydrogen (secondary N) is 1. The van der Waals surface area contributed by atoms with Gasteiger partial charge in [-0.15, -0.1) is 0 Å². The van der Waals surface area contributed by atoms with Crippen molar-refractivity contribution >= 4 is 11.9 Å². The molecule has 1 amide bonds. The van der Waals surface area contributed by atoms with Crippen molar-refractivity contribution in [3.8, 4) is 0 Å². The van der Waals surface area contributed by atoms with Crippen molar-refractivity contribution in [3.63, 3.8) is 0 Å². The summed E-state index contributed by atoms with van der Waals surface area (Å²) in [5.74, 6) is -1.69. The molecule has 0 radical (unpaired) electrons. The zero-order valence-corrected chi connectivity index (χ0v) is 11.0. The normalized spacial score (nSPS) is 13.6. The fraction of sp³-hybridized carbons (Fsp3) is 0.462. The Balaban J connectivity index is 2.68. The van der Waals surface area contributed by atoms with Crippen molar-refractivity contribution in [2.45, 2.75) is 32.3 Å². The number of hydrogen-bond donors (Lipinski definition) is 3. The van der Waals surface area contributed by atoms with Crippen LogP contribution in [-0.4, -0.2) is 39.2 Å². The SMILES string of the molecule is CCCC(C)(O)CNC(=O)c1cccc(C(=O)O)n1. The summed E-state index contributed by atoms with van der Waals surface area (Å²) in [4.78, 5) is 26.3. The molecule has 0 bridgehead atoms. The zero-order valence-electron chi connectivity index (χ0n) is 11.0. The Bertz CT molecular complexity index is 471. The summed E-state index contributed by atoms with van der Waals surface area (Å²) in [6.45, 7) is 3.67. The molecule has 0 aliphatic heterocycles. The maximum Gasteiger partial charge on any atom is 0.354 e. The number of amides is 1. The molecule has 0 saturated carbocycles. The zero-order chi connectivity index (χ0) is 14.5. The van der Waals surface area contributed by atoms with E-state index in [9.17, 15) is 14.7 Å². The molecule has 0 aliphatic carbocycles. The first kappa shape index (κ1) is 15.1. The van der Waals surface area contributed by atoms with Gasteiger partial charge >= 0.3 is 5.97 Å². The Morgan fingerprint density at radius 2 is 2.00 bits per heavy atom. The van der Waals surface area contributed by atoms with Crippen LogP contribution in [0, 0.1) is 0 Å². The summed E-state index contributed by atoms with van der Waals surface area (Å²) in [5.41, 5.74) is -1.14. The van der Waals surface area contributed by atoms with Crippen LogP contribution in [0.2, 0.25) is 0 Å². The van der Waals surface area contributed by atoms with Crippen molar-refractivity contribution in [3.05, 3.63) is 29.6 Å². The molecule has 0 saturated heterocycles. The second kappa shape index (κ2) is 6.29. The summed E-state index contributed by atoms with van der Waals surface area (Å²) in [6, 6.07) is 4.19. The van der Waals surface area contributed by atoms with Gasteiger partial charge in [-0.05, 0) is 25.5 Å². The largest absolute Gasteiger partial charge is 0.477 e. The second-order valence-electron chi connectivity index (χ2n) is 4.64. The van der Waals surface area contributed by atoms with Crippen molar-refractivity contribution in [1.29, 1.82) is 0 Å². The Morgan fingerprint density at radius 3 is 2.58 bits per heavy atom. The van der Waals surface area contributed by atoms with E-state index in [1.54, 1.807) is 6.92 Å². The van der Waals surface area contributed by atoms with E-state index < -0.39 is 17.5 Å². The Morgan fingerprint density at radius 1 is 1.37 bits per heavy atom. The smallest absolute Gasteiger partial charge is 0.354 e. The van der Waals surface area contributed by atoms with E-state index >= 15 is 0 Å². The molecule has 1 unspecified atom stereocenters. The molecule has 104 valence electrons. The van der Waals surface area contributed by atoms with Gasteiger partial charge in [-0.1, -0.05) is 19.4 Å². The number of aromatic nitrogens is 1. The van der Waals surface area contributed by atoms with Crippen LogP contribution < -0.4 is 5.32 Å². The third-order valence-corrected chi connectivity index (χ3v) is 2.62. The number of hydrogen-bond acceptors (Lipinski definition) is 4. The summed E-state index contributed by atoms with van der Waals surface area (Å²) in [6.07, 6.45) is 1.37. The highest BCUT2D eigenvalue weighted by Gasteiger charge is 2.20.